The lowest BCUT2D eigenvalue weighted by molar-refractivity contribution is 0.574. The molecule has 0 atom stereocenters. The quantitative estimate of drug-likeness (QED) is 0.825. The normalized spacial score (nSPS) is 11.3. The van der Waals surface area contributed by atoms with Crippen molar-refractivity contribution < 1.29 is 12.8 Å². The summed E-state index contributed by atoms with van der Waals surface area (Å²) in [5, 5.41) is 0. The molecule has 0 aromatic heterocycles. The predicted octanol–water partition coefficient (Wildman–Crippen LogP) is 1.94. The van der Waals surface area contributed by atoms with E-state index in [1.165, 1.54) is 36.4 Å². The molecule has 2 aromatic carbocycles. The third-order valence-corrected chi connectivity index (χ3v) is 4.51. The van der Waals surface area contributed by atoms with Gasteiger partial charge in [0.1, 0.15) is 10.8 Å². The number of sulfonamides is 1. The SMILES string of the molecule is NC(=S)c1ccc(S(=O)(=O)NCc2ccccc2F)cc1. The molecule has 2 aromatic rings. The molecule has 3 N–H and O–H groups in total. The first-order valence-corrected chi connectivity index (χ1v) is 7.92. The van der Waals surface area contributed by atoms with Gasteiger partial charge in [-0.05, 0) is 18.2 Å². The maximum absolute atomic E-state index is 13.4. The fourth-order valence-corrected chi connectivity index (χ4v) is 2.84. The van der Waals surface area contributed by atoms with E-state index in [1.807, 2.05) is 0 Å². The van der Waals surface area contributed by atoms with Gasteiger partial charge in [-0.1, -0.05) is 42.5 Å². The molecule has 0 aliphatic heterocycles. The average molecular weight is 324 g/mol. The molecule has 0 saturated carbocycles. The van der Waals surface area contributed by atoms with Crippen LogP contribution in [0.1, 0.15) is 11.1 Å². The Labute approximate surface area is 127 Å². The molecule has 0 aliphatic rings. The molecule has 0 bridgehead atoms. The van der Waals surface area contributed by atoms with Gasteiger partial charge in [-0.15, -0.1) is 0 Å². The van der Waals surface area contributed by atoms with Crippen molar-refractivity contribution in [3.63, 3.8) is 0 Å². The molecule has 0 amide bonds. The van der Waals surface area contributed by atoms with Gasteiger partial charge in [0.15, 0.2) is 0 Å². The van der Waals surface area contributed by atoms with E-state index in [2.05, 4.69) is 4.72 Å². The fourth-order valence-electron chi connectivity index (χ4n) is 1.70. The van der Waals surface area contributed by atoms with Crippen molar-refractivity contribution in [2.45, 2.75) is 11.4 Å². The topological polar surface area (TPSA) is 72.2 Å². The van der Waals surface area contributed by atoms with E-state index in [0.29, 0.717) is 5.56 Å². The first-order chi connectivity index (χ1) is 9.90. The van der Waals surface area contributed by atoms with Gasteiger partial charge < -0.3 is 5.73 Å². The summed E-state index contributed by atoms with van der Waals surface area (Å²) in [5.74, 6) is -0.455. The maximum Gasteiger partial charge on any atom is 0.240 e. The Bertz CT molecular complexity index is 759. The lowest BCUT2D eigenvalue weighted by Gasteiger charge is -2.08. The molecule has 0 radical (unpaired) electrons. The third-order valence-electron chi connectivity index (χ3n) is 2.86. The second kappa shape index (κ2) is 6.30. The molecule has 0 unspecified atom stereocenters. The first-order valence-electron chi connectivity index (χ1n) is 6.03. The highest BCUT2D eigenvalue weighted by Gasteiger charge is 2.14. The van der Waals surface area contributed by atoms with E-state index in [1.54, 1.807) is 12.1 Å². The molecule has 0 spiro atoms. The van der Waals surface area contributed by atoms with Crippen molar-refractivity contribution in [2.24, 2.45) is 5.73 Å². The predicted molar refractivity (Wildman–Crippen MR) is 82.8 cm³/mol. The molecule has 7 heteroatoms. The third kappa shape index (κ3) is 3.84. The zero-order chi connectivity index (χ0) is 15.5. The minimum atomic E-state index is -3.72. The molecular weight excluding hydrogens is 311 g/mol. The van der Waals surface area contributed by atoms with Crippen molar-refractivity contribution in [1.82, 2.24) is 4.72 Å². The Morgan fingerprint density at radius 3 is 2.33 bits per heavy atom. The molecule has 0 saturated heterocycles. The van der Waals surface area contributed by atoms with E-state index >= 15 is 0 Å². The van der Waals surface area contributed by atoms with Crippen LogP contribution >= 0.6 is 12.2 Å². The highest BCUT2D eigenvalue weighted by molar-refractivity contribution is 7.89. The number of nitrogens with two attached hydrogens (primary N) is 1. The number of benzene rings is 2. The zero-order valence-corrected chi connectivity index (χ0v) is 12.5. The Morgan fingerprint density at radius 1 is 1.14 bits per heavy atom. The van der Waals surface area contributed by atoms with Crippen molar-refractivity contribution in [3.8, 4) is 0 Å². The van der Waals surface area contributed by atoms with Gasteiger partial charge in [0.05, 0.1) is 4.90 Å². The lowest BCUT2D eigenvalue weighted by Crippen LogP contribution is -2.23. The summed E-state index contributed by atoms with van der Waals surface area (Å²) in [7, 11) is -3.72. The van der Waals surface area contributed by atoms with Crippen molar-refractivity contribution in [2.75, 3.05) is 0 Å². The van der Waals surface area contributed by atoms with E-state index < -0.39 is 15.8 Å². The maximum atomic E-state index is 13.4. The number of thiocarbonyl (C=S) groups is 1. The van der Waals surface area contributed by atoms with Crippen LogP contribution in [0, 0.1) is 5.82 Å². The summed E-state index contributed by atoms with van der Waals surface area (Å²) in [6.07, 6.45) is 0. The van der Waals surface area contributed by atoms with Gasteiger partial charge in [-0.25, -0.2) is 17.5 Å². The summed E-state index contributed by atoms with van der Waals surface area (Å²) in [6, 6.07) is 11.8. The van der Waals surface area contributed by atoms with Crippen molar-refractivity contribution >= 4 is 27.2 Å². The van der Waals surface area contributed by atoms with Crippen LogP contribution in [-0.2, 0) is 16.6 Å². The lowest BCUT2D eigenvalue weighted by atomic mass is 10.2. The largest absolute Gasteiger partial charge is 0.389 e. The van der Waals surface area contributed by atoms with Crippen LogP contribution in [0.15, 0.2) is 53.4 Å². The van der Waals surface area contributed by atoms with Crippen LogP contribution in [0.3, 0.4) is 0 Å². The summed E-state index contributed by atoms with van der Waals surface area (Å²) < 4.78 is 40.0. The number of rotatable bonds is 5. The van der Waals surface area contributed by atoms with Crippen LogP contribution in [0.5, 0.6) is 0 Å². The highest BCUT2D eigenvalue weighted by Crippen LogP contribution is 2.12. The summed E-state index contributed by atoms with van der Waals surface area (Å²) in [6.45, 7) is -0.119. The second-order valence-corrected chi connectivity index (χ2v) is 6.51. The molecule has 2 rings (SSSR count). The highest BCUT2D eigenvalue weighted by atomic mass is 32.2. The van der Waals surface area contributed by atoms with E-state index in [9.17, 15) is 12.8 Å². The number of halogens is 1. The van der Waals surface area contributed by atoms with Crippen molar-refractivity contribution in [3.05, 3.63) is 65.5 Å². The minimum absolute atomic E-state index is 0.0684. The zero-order valence-electron chi connectivity index (χ0n) is 10.9. The van der Waals surface area contributed by atoms with Crippen LogP contribution in [0.2, 0.25) is 0 Å². The van der Waals surface area contributed by atoms with Crippen molar-refractivity contribution in [1.29, 1.82) is 0 Å². The second-order valence-electron chi connectivity index (χ2n) is 4.30. The van der Waals surface area contributed by atoms with Crippen LogP contribution in [0.4, 0.5) is 4.39 Å². The monoisotopic (exact) mass is 324 g/mol. The standard InChI is InChI=1S/C14H13FN2O2S2/c15-13-4-2-1-3-11(13)9-17-21(18,19)12-7-5-10(6-8-12)14(16)20/h1-8,17H,9H2,(H2,16,20). The van der Waals surface area contributed by atoms with Gasteiger partial charge >= 0.3 is 0 Å². The van der Waals surface area contributed by atoms with Gasteiger partial charge in [0.2, 0.25) is 10.0 Å². The summed E-state index contributed by atoms with van der Waals surface area (Å²) in [4.78, 5) is 0.261. The Morgan fingerprint density at radius 2 is 1.76 bits per heavy atom. The van der Waals surface area contributed by atoms with Crippen LogP contribution < -0.4 is 10.5 Å². The summed E-state index contributed by atoms with van der Waals surface area (Å²) >= 11 is 4.80. The first kappa shape index (κ1) is 15.6. The summed E-state index contributed by atoms with van der Waals surface area (Å²) in [5.41, 5.74) is 6.31. The Balaban J connectivity index is 2.15. The fraction of sp³-hybridized carbons (Fsp3) is 0.0714. The van der Waals surface area contributed by atoms with E-state index in [-0.39, 0.29) is 22.0 Å². The van der Waals surface area contributed by atoms with Gasteiger partial charge in [-0.3, -0.25) is 0 Å². The number of hydrogen-bond acceptors (Lipinski definition) is 3. The average Bonchev–Trinajstić information content (AvgIpc) is 2.46. The molecule has 0 aliphatic carbocycles. The number of hydrogen-bond donors (Lipinski definition) is 2. The molecule has 21 heavy (non-hydrogen) atoms. The smallest absolute Gasteiger partial charge is 0.240 e. The molecule has 4 nitrogen and oxygen atoms in total. The van der Waals surface area contributed by atoms with Gasteiger partial charge in [-0.2, -0.15) is 0 Å². The van der Waals surface area contributed by atoms with E-state index in [4.69, 9.17) is 18.0 Å². The van der Waals surface area contributed by atoms with Gasteiger partial charge in [0, 0.05) is 17.7 Å². The molecular formula is C14H13FN2O2S2. The molecule has 110 valence electrons. The van der Waals surface area contributed by atoms with Crippen LogP contribution in [-0.4, -0.2) is 13.4 Å². The minimum Gasteiger partial charge on any atom is -0.389 e. The van der Waals surface area contributed by atoms with Crippen LogP contribution in [0.25, 0.3) is 0 Å². The Hall–Kier alpha value is -1.83. The van der Waals surface area contributed by atoms with Gasteiger partial charge in [0.25, 0.3) is 0 Å². The molecule has 0 heterocycles. The van der Waals surface area contributed by atoms with E-state index in [0.717, 1.165) is 0 Å². The molecule has 0 fully saturated rings. The number of nitrogens with one attached hydrogen (secondary N) is 1. The Kier molecular flexibility index (Phi) is 4.66.